The number of esters is 1. The van der Waals surface area contributed by atoms with Crippen molar-refractivity contribution in [3.63, 3.8) is 0 Å². The van der Waals surface area contributed by atoms with Gasteiger partial charge in [-0.1, -0.05) is 52.0 Å². The molecular formula is C24H31N3O6S. The van der Waals surface area contributed by atoms with E-state index in [2.05, 4.69) is 10.6 Å². The summed E-state index contributed by atoms with van der Waals surface area (Å²) in [5.41, 5.74) is 0.658. The highest BCUT2D eigenvalue weighted by atomic mass is 32.2. The lowest BCUT2D eigenvalue weighted by molar-refractivity contribution is -0.150. The molecule has 0 saturated carbocycles. The van der Waals surface area contributed by atoms with Crippen LogP contribution in [0.25, 0.3) is 0 Å². The first kappa shape index (κ1) is 27.0. The maximum Gasteiger partial charge on any atom is 0.329 e. The molecule has 0 heterocycles. The van der Waals surface area contributed by atoms with Gasteiger partial charge in [0.05, 0.1) is 4.90 Å². The minimum atomic E-state index is -3.68. The summed E-state index contributed by atoms with van der Waals surface area (Å²) in [6, 6.07) is 13.4. The fraction of sp³-hybridized carbons (Fsp3) is 0.375. The van der Waals surface area contributed by atoms with Gasteiger partial charge in [-0.3, -0.25) is 9.59 Å². The molecule has 2 aromatic carbocycles. The molecule has 34 heavy (non-hydrogen) atoms. The maximum atomic E-state index is 12.7. The first-order chi connectivity index (χ1) is 16.1. The van der Waals surface area contributed by atoms with Gasteiger partial charge in [-0.2, -0.15) is 4.31 Å². The van der Waals surface area contributed by atoms with Crippen molar-refractivity contribution in [2.45, 2.75) is 38.6 Å². The van der Waals surface area contributed by atoms with Crippen molar-refractivity contribution < 1.29 is 27.5 Å². The van der Waals surface area contributed by atoms with Crippen LogP contribution in [0.15, 0.2) is 59.5 Å². The maximum absolute atomic E-state index is 12.7. The first-order valence-corrected chi connectivity index (χ1v) is 12.5. The minimum absolute atomic E-state index is 0.0505. The van der Waals surface area contributed by atoms with Crippen LogP contribution in [0.1, 0.15) is 38.1 Å². The van der Waals surface area contributed by atoms with Crippen LogP contribution in [0.2, 0.25) is 0 Å². The summed E-state index contributed by atoms with van der Waals surface area (Å²) in [5, 5.41) is 5.17. The van der Waals surface area contributed by atoms with E-state index in [1.807, 2.05) is 0 Å². The normalized spacial score (nSPS) is 12.3. The number of ether oxygens (including phenoxy) is 1. The van der Waals surface area contributed by atoms with Gasteiger partial charge >= 0.3 is 5.97 Å². The number of nitrogens with zero attached hydrogens (tertiary/aromatic N) is 1. The summed E-state index contributed by atoms with van der Waals surface area (Å²) in [4.78, 5) is 37.3. The van der Waals surface area contributed by atoms with E-state index in [4.69, 9.17) is 4.74 Å². The Labute approximate surface area is 200 Å². The largest absolute Gasteiger partial charge is 0.454 e. The van der Waals surface area contributed by atoms with Crippen molar-refractivity contribution >= 4 is 33.5 Å². The number of hydrogen-bond donors (Lipinski definition) is 2. The average molecular weight is 490 g/mol. The van der Waals surface area contributed by atoms with Crippen LogP contribution in [0.4, 0.5) is 5.69 Å². The van der Waals surface area contributed by atoms with Gasteiger partial charge in [0.15, 0.2) is 6.61 Å². The van der Waals surface area contributed by atoms with Crippen molar-refractivity contribution in [1.82, 2.24) is 9.62 Å². The van der Waals surface area contributed by atoms with Crippen LogP contribution in [0.3, 0.4) is 0 Å². The quantitative estimate of drug-likeness (QED) is 0.468. The lowest BCUT2D eigenvalue weighted by atomic mass is 10.0. The number of amides is 2. The second kappa shape index (κ2) is 12.3. The Morgan fingerprint density at radius 3 is 2.21 bits per heavy atom. The predicted octanol–water partition coefficient (Wildman–Crippen LogP) is 2.65. The number of hydrogen-bond acceptors (Lipinski definition) is 6. The number of anilines is 1. The molecule has 0 aliphatic carbocycles. The van der Waals surface area contributed by atoms with Gasteiger partial charge in [0.1, 0.15) is 6.04 Å². The molecule has 0 spiro atoms. The highest BCUT2D eigenvalue weighted by Crippen LogP contribution is 2.19. The Hall–Kier alpha value is -3.24. The summed E-state index contributed by atoms with van der Waals surface area (Å²) in [5.74, 6) is -2.08. The van der Waals surface area contributed by atoms with Gasteiger partial charge in [0.25, 0.3) is 11.8 Å². The van der Waals surface area contributed by atoms with Crippen molar-refractivity contribution in [2.75, 3.05) is 25.0 Å². The molecule has 2 aromatic rings. The third kappa shape index (κ3) is 7.13. The number of benzene rings is 2. The van der Waals surface area contributed by atoms with E-state index >= 15 is 0 Å². The fourth-order valence-corrected chi connectivity index (χ4v) is 4.69. The second-order valence-corrected chi connectivity index (χ2v) is 9.77. The molecule has 0 aliphatic heterocycles. The Morgan fingerprint density at radius 1 is 0.971 bits per heavy atom. The second-order valence-electron chi connectivity index (χ2n) is 7.83. The minimum Gasteiger partial charge on any atom is -0.454 e. The molecule has 2 amide bonds. The van der Waals surface area contributed by atoms with Crippen molar-refractivity contribution in [2.24, 2.45) is 5.92 Å². The Balaban J connectivity index is 1.99. The monoisotopic (exact) mass is 489 g/mol. The van der Waals surface area contributed by atoms with E-state index in [1.165, 1.54) is 28.6 Å². The van der Waals surface area contributed by atoms with E-state index in [-0.39, 0.29) is 16.5 Å². The molecule has 10 heteroatoms. The van der Waals surface area contributed by atoms with Crippen LogP contribution in [0.5, 0.6) is 0 Å². The lowest BCUT2D eigenvalue weighted by Gasteiger charge is -2.21. The lowest BCUT2D eigenvalue weighted by Crippen LogP contribution is -2.45. The third-order valence-electron chi connectivity index (χ3n) is 5.05. The SMILES string of the molecule is CCN(CC)S(=O)(=O)c1cccc(NC(=O)COC(=O)[C@@H](NC(=O)c2ccccc2)C(C)C)c1. The molecule has 2 N–H and O–H groups in total. The Bertz CT molecular complexity index is 1100. The highest BCUT2D eigenvalue weighted by Gasteiger charge is 2.27. The number of rotatable bonds is 11. The van der Waals surface area contributed by atoms with Crippen molar-refractivity contribution in [3.05, 3.63) is 60.2 Å². The molecule has 184 valence electrons. The third-order valence-corrected chi connectivity index (χ3v) is 7.10. The van der Waals surface area contributed by atoms with Gasteiger partial charge in [-0.25, -0.2) is 13.2 Å². The molecular weight excluding hydrogens is 458 g/mol. The number of sulfonamides is 1. The zero-order valence-corrected chi connectivity index (χ0v) is 20.6. The van der Waals surface area contributed by atoms with Crippen molar-refractivity contribution in [3.8, 4) is 0 Å². The van der Waals surface area contributed by atoms with Crippen LogP contribution >= 0.6 is 0 Å². The standard InChI is InChI=1S/C24H31N3O6S/c1-5-27(6-2)34(31,32)20-14-10-13-19(15-20)25-21(28)16-33-24(30)22(17(3)4)26-23(29)18-11-8-7-9-12-18/h7-15,17,22H,5-6,16H2,1-4H3,(H,25,28)(H,26,29)/t22-/m0/s1. The molecule has 0 fully saturated rings. The number of nitrogens with one attached hydrogen (secondary N) is 2. The Morgan fingerprint density at radius 2 is 1.62 bits per heavy atom. The fourth-order valence-electron chi connectivity index (χ4n) is 3.18. The van der Waals surface area contributed by atoms with E-state index in [1.54, 1.807) is 58.0 Å². The zero-order chi connectivity index (χ0) is 25.3. The molecule has 0 saturated heterocycles. The smallest absolute Gasteiger partial charge is 0.329 e. The van der Waals surface area contributed by atoms with Crippen LogP contribution in [-0.2, 0) is 24.3 Å². The Kier molecular flexibility index (Phi) is 9.76. The van der Waals surface area contributed by atoms with E-state index in [0.717, 1.165) is 0 Å². The van der Waals surface area contributed by atoms with E-state index in [0.29, 0.717) is 18.7 Å². The molecule has 0 aliphatic rings. The highest BCUT2D eigenvalue weighted by molar-refractivity contribution is 7.89. The average Bonchev–Trinajstić information content (AvgIpc) is 2.82. The summed E-state index contributed by atoms with van der Waals surface area (Å²) in [6.45, 7) is 7.04. The van der Waals surface area contributed by atoms with Crippen LogP contribution in [0, 0.1) is 5.92 Å². The van der Waals surface area contributed by atoms with E-state index < -0.39 is 40.5 Å². The van der Waals surface area contributed by atoms with Gasteiger partial charge in [0, 0.05) is 24.3 Å². The van der Waals surface area contributed by atoms with Crippen molar-refractivity contribution in [1.29, 1.82) is 0 Å². The van der Waals surface area contributed by atoms with Gasteiger partial charge in [0.2, 0.25) is 10.0 Å². The van der Waals surface area contributed by atoms with Crippen LogP contribution < -0.4 is 10.6 Å². The molecule has 2 rings (SSSR count). The molecule has 0 unspecified atom stereocenters. The molecule has 1 atom stereocenters. The topological polar surface area (TPSA) is 122 Å². The molecule has 9 nitrogen and oxygen atoms in total. The number of carbonyl (C=O) groups excluding carboxylic acids is 3. The summed E-state index contributed by atoms with van der Waals surface area (Å²) in [7, 11) is -3.68. The number of carbonyl (C=O) groups is 3. The molecule has 0 radical (unpaired) electrons. The van der Waals surface area contributed by atoms with Gasteiger partial charge in [-0.15, -0.1) is 0 Å². The van der Waals surface area contributed by atoms with Gasteiger partial charge in [-0.05, 0) is 36.2 Å². The summed E-state index contributed by atoms with van der Waals surface area (Å²) >= 11 is 0. The molecule has 0 aromatic heterocycles. The summed E-state index contributed by atoms with van der Waals surface area (Å²) < 4.78 is 31.8. The van der Waals surface area contributed by atoms with E-state index in [9.17, 15) is 22.8 Å². The predicted molar refractivity (Wildman–Crippen MR) is 129 cm³/mol. The summed E-state index contributed by atoms with van der Waals surface area (Å²) in [6.07, 6.45) is 0. The van der Waals surface area contributed by atoms with Crippen LogP contribution in [-0.4, -0.2) is 56.2 Å². The molecule has 0 bridgehead atoms. The first-order valence-electron chi connectivity index (χ1n) is 11.0. The van der Waals surface area contributed by atoms with Gasteiger partial charge < -0.3 is 15.4 Å². The zero-order valence-electron chi connectivity index (χ0n) is 19.8.